The zero-order valence-electron chi connectivity index (χ0n) is 11.6. The summed E-state index contributed by atoms with van der Waals surface area (Å²) in [5, 5.41) is 7.56. The van der Waals surface area contributed by atoms with Crippen molar-refractivity contribution in [1.82, 2.24) is 10.2 Å². The summed E-state index contributed by atoms with van der Waals surface area (Å²) in [4.78, 5) is 2.37. The van der Waals surface area contributed by atoms with Gasteiger partial charge in [0.2, 0.25) is 0 Å². The summed E-state index contributed by atoms with van der Waals surface area (Å²) >= 11 is 1.67. The van der Waals surface area contributed by atoms with Crippen molar-refractivity contribution < 1.29 is 4.39 Å². The maximum Gasteiger partial charge on any atom is 0.128 e. The van der Waals surface area contributed by atoms with E-state index in [1.165, 1.54) is 5.56 Å². The quantitative estimate of drug-likeness (QED) is 0.934. The molecule has 4 heteroatoms. The molecule has 1 N–H and O–H groups in total. The predicted molar refractivity (Wildman–Crippen MR) is 81.7 cm³/mol. The van der Waals surface area contributed by atoms with Gasteiger partial charge in [-0.1, -0.05) is 17.7 Å². The summed E-state index contributed by atoms with van der Waals surface area (Å²) in [6.07, 6.45) is 0. The summed E-state index contributed by atoms with van der Waals surface area (Å²) in [6, 6.07) is 7.55. The predicted octanol–water partition coefficient (Wildman–Crippen LogP) is 3.19. The zero-order chi connectivity index (χ0) is 13.9. The molecule has 3 rings (SSSR count). The fourth-order valence-corrected chi connectivity index (χ4v) is 3.51. The van der Waals surface area contributed by atoms with Crippen LogP contribution in [0.4, 0.5) is 4.39 Å². The molecule has 0 unspecified atom stereocenters. The molecule has 1 aromatic carbocycles. The molecule has 1 aliphatic heterocycles. The first-order valence-electron chi connectivity index (χ1n) is 6.98. The SMILES string of the molecule is Cc1ccc(F)c([C@H](c2ccsc2)N2CCNCC2)c1. The van der Waals surface area contributed by atoms with Crippen LogP contribution >= 0.6 is 11.3 Å². The van der Waals surface area contributed by atoms with Crippen molar-refractivity contribution in [2.45, 2.75) is 13.0 Å². The summed E-state index contributed by atoms with van der Waals surface area (Å²) < 4.78 is 14.3. The molecule has 2 aromatic rings. The number of rotatable bonds is 3. The average Bonchev–Trinajstić information content (AvgIpc) is 2.98. The van der Waals surface area contributed by atoms with E-state index >= 15 is 0 Å². The number of hydrogen-bond acceptors (Lipinski definition) is 3. The summed E-state index contributed by atoms with van der Waals surface area (Å²) in [5.74, 6) is -0.106. The minimum atomic E-state index is -0.106. The number of aryl methyl sites for hydroxylation is 1. The third-order valence-corrected chi connectivity index (χ3v) is 4.52. The molecule has 0 spiro atoms. The molecule has 20 heavy (non-hydrogen) atoms. The number of benzene rings is 1. The van der Waals surface area contributed by atoms with Crippen molar-refractivity contribution in [2.24, 2.45) is 0 Å². The number of nitrogens with one attached hydrogen (secondary N) is 1. The lowest BCUT2D eigenvalue weighted by Crippen LogP contribution is -2.45. The van der Waals surface area contributed by atoms with E-state index in [0.717, 1.165) is 37.3 Å². The molecule has 1 saturated heterocycles. The van der Waals surface area contributed by atoms with Gasteiger partial charge >= 0.3 is 0 Å². The summed E-state index contributed by atoms with van der Waals surface area (Å²) in [5.41, 5.74) is 3.10. The standard InChI is InChI=1S/C16H19FN2S/c1-12-2-3-15(17)14(10-12)16(13-4-9-20-11-13)19-7-5-18-6-8-19/h2-4,9-11,16,18H,5-8H2,1H3/t16-/m0/s1. The lowest BCUT2D eigenvalue weighted by molar-refractivity contribution is 0.195. The maximum absolute atomic E-state index is 14.3. The largest absolute Gasteiger partial charge is 0.314 e. The van der Waals surface area contributed by atoms with Gasteiger partial charge in [-0.25, -0.2) is 4.39 Å². The van der Waals surface area contributed by atoms with E-state index in [1.807, 2.05) is 19.1 Å². The van der Waals surface area contributed by atoms with Gasteiger partial charge in [-0.2, -0.15) is 11.3 Å². The highest BCUT2D eigenvalue weighted by molar-refractivity contribution is 7.08. The average molecular weight is 290 g/mol. The van der Waals surface area contributed by atoms with Crippen molar-refractivity contribution in [3.63, 3.8) is 0 Å². The van der Waals surface area contributed by atoms with Crippen LogP contribution < -0.4 is 5.32 Å². The van der Waals surface area contributed by atoms with Crippen molar-refractivity contribution in [3.05, 3.63) is 57.5 Å². The number of halogens is 1. The molecule has 0 saturated carbocycles. The molecule has 1 aromatic heterocycles. The van der Waals surface area contributed by atoms with Gasteiger partial charge in [-0.15, -0.1) is 0 Å². The third-order valence-electron chi connectivity index (χ3n) is 3.82. The van der Waals surface area contributed by atoms with Gasteiger partial charge < -0.3 is 5.32 Å². The fraction of sp³-hybridized carbons (Fsp3) is 0.375. The van der Waals surface area contributed by atoms with Crippen LogP contribution in [0.3, 0.4) is 0 Å². The molecule has 0 aliphatic carbocycles. The normalized spacial score (nSPS) is 18.1. The van der Waals surface area contributed by atoms with Gasteiger partial charge in [0.05, 0.1) is 6.04 Å². The van der Waals surface area contributed by atoms with Gasteiger partial charge in [0, 0.05) is 31.7 Å². The highest BCUT2D eigenvalue weighted by atomic mass is 32.1. The van der Waals surface area contributed by atoms with E-state index in [4.69, 9.17) is 0 Å². The zero-order valence-corrected chi connectivity index (χ0v) is 12.4. The smallest absolute Gasteiger partial charge is 0.128 e. The summed E-state index contributed by atoms with van der Waals surface area (Å²) in [6.45, 7) is 5.86. The first-order valence-corrected chi connectivity index (χ1v) is 7.93. The van der Waals surface area contributed by atoms with Crippen molar-refractivity contribution in [3.8, 4) is 0 Å². The molecule has 1 aliphatic rings. The minimum absolute atomic E-state index is 0.0308. The maximum atomic E-state index is 14.3. The minimum Gasteiger partial charge on any atom is -0.314 e. The topological polar surface area (TPSA) is 15.3 Å². The molecule has 0 radical (unpaired) electrons. The Morgan fingerprint density at radius 3 is 2.75 bits per heavy atom. The van der Waals surface area contributed by atoms with E-state index < -0.39 is 0 Å². The highest BCUT2D eigenvalue weighted by Crippen LogP contribution is 2.32. The van der Waals surface area contributed by atoms with Crippen LogP contribution in [0.25, 0.3) is 0 Å². The Balaban J connectivity index is 2.02. The molecule has 2 heterocycles. The van der Waals surface area contributed by atoms with Crippen LogP contribution in [0.15, 0.2) is 35.0 Å². The van der Waals surface area contributed by atoms with Crippen LogP contribution in [0.5, 0.6) is 0 Å². The lowest BCUT2D eigenvalue weighted by Gasteiger charge is -2.35. The van der Waals surface area contributed by atoms with Gasteiger partial charge in [-0.05, 0) is 35.4 Å². The molecular weight excluding hydrogens is 271 g/mol. The number of piperazine rings is 1. The molecule has 1 atom stereocenters. The van der Waals surface area contributed by atoms with E-state index in [2.05, 4.69) is 27.0 Å². The van der Waals surface area contributed by atoms with Gasteiger partial charge in [-0.3, -0.25) is 4.90 Å². The Bertz CT molecular complexity index is 562. The fourth-order valence-electron chi connectivity index (χ4n) is 2.83. The Morgan fingerprint density at radius 1 is 1.25 bits per heavy atom. The van der Waals surface area contributed by atoms with Crippen LogP contribution in [0.1, 0.15) is 22.7 Å². The third kappa shape index (κ3) is 2.77. The molecular formula is C16H19FN2S. The highest BCUT2D eigenvalue weighted by Gasteiger charge is 2.26. The van der Waals surface area contributed by atoms with Crippen molar-refractivity contribution in [1.29, 1.82) is 0 Å². The van der Waals surface area contributed by atoms with Gasteiger partial charge in [0.25, 0.3) is 0 Å². The van der Waals surface area contributed by atoms with Crippen molar-refractivity contribution >= 4 is 11.3 Å². The number of hydrogen-bond donors (Lipinski definition) is 1. The second kappa shape index (κ2) is 6.04. The first-order chi connectivity index (χ1) is 9.75. The number of thiophene rings is 1. The molecule has 2 nitrogen and oxygen atoms in total. The van der Waals surface area contributed by atoms with Crippen molar-refractivity contribution in [2.75, 3.05) is 26.2 Å². The Hall–Kier alpha value is -1.23. The molecule has 0 amide bonds. The van der Waals surface area contributed by atoms with E-state index in [0.29, 0.717) is 0 Å². The van der Waals surface area contributed by atoms with Gasteiger partial charge in [0.1, 0.15) is 5.82 Å². The van der Waals surface area contributed by atoms with E-state index in [1.54, 1.807) is 17.4 Å². The first kappa shape index (κ1) is 13.7. The Kier molecular flexibility index (Phi) is 4.15. The second-order valence-corrected chi connectivity index (χ2v) is 6.05. The van der Waals surface area contributed by atoms with Gasteiger partial charge in [0.15, 0.2) is 0 Å². The summed E-state index contributed by atoms with van der Waals surface area (Å²) in [7, 11) is 0. The van der Waals surface area contributed by atoms with E-state index in [9.17, 15) is 4.39 Å². The monoisotopic (exact) mass is 290 g/mol. The molecule has 106 valence electrons. The van der Waals surface area contributed by atoms with Crippen LogP contribution in [-0.4, -0.2) is 31.1 Å². The second-order valence-electron chi connectivity index (χ2n) is 5.27. The van der Waals surface area contributed by atoms with Crippen LogP contribution in [0, 0.1) is 12.7 Å². The molecule has 1 fully saturated rings. The Morgan fingerprint density at radius 2 is 2.05 bits per heavy atom. The van der Waals surface area contributed by atoms with Crippen LogP contribution in [-0.2, 0) is 0 Å². The lowest BCUT2D eigenvalue weighted by atomic mass is 9.96. The van der Waals surface area contributed by atoms with Crippen LogP contribution in [0.2, 0.25) is 0 Å². The van der Waals surface area contributed by atoms with E-state index in [-0.39, 0.29) is 11.9 Å². The Labute approximate surface area is 123 Å². The molecule has 0 bridgehead atoms. The number of nitrogens with zero attached hydrogens (tertiary/aromatic N) is 1.